The molecule has 2 unspecified atom stereocenters. The van der Waals surface area contributed by atoms with Gasteiger partial charge in [0.25, 0.3) is 0 Å². The fourth-order valence-corrected chi connectivity index (χ4v) is 5.34. The lowest BCUT2D eigenvalue weighted by Crippen LogP contribution is -2.49. The standard InChI is InChI=1S/C27H28F7N3O2.ClH/c1-15-8-19(28)2-5-21(15)23-13-36(14-24(35)38)7-6-22(23)25(39)37(20-3-4-20)12-16-9-17(26(29,30)31)11-18(10-16)27(32,33)34;/h2,5,8-11,20,22-23H,3-4,6-7,12-14H2,1H3,(H2,35,38);1H. The van der Waals surface area contributed by atoms with E-state index in [0.29, 0.717) is 42.6 Å². The molecule has 1 aliphatic carbocycles. The van der Waals surface area contributed by atoms with Crippen LogP contribution in [0.1, 0.15) is 53.0 Å². The molecular formula is C27H29ClF7N3O2. The number of halogens is 8. The van der Waals surface area contributed by atoms with Crippen LogP contribution in [0.15, 0.2) is 36.4 Å². The number of likely N-dealkylation sites (tertiary alicyclic amines) is 1. The first-order chi connectivity index (χ1) is 18.1. The number of primary amides is 1. The number of benzene rings is 2. The van der Waals surface area contributed by atoms with E-state index >= 15 is 0 Å². The predicted molar refractivity (Wildman–Crippen MR) is 135 cm³/mol. The molecule has 1 aliphatic heterocycles. The topological polar surface area (TPSA) is 66.6 Å². The summed E-state index contributed by atoms with van der Waals surface area (Å²) < 4.78 is 94.3. The molecule has 2 aliphatic rings. The highest BCUT2D eigenvalue weighted by atomic mass is 35.5. The molecule has 0 aromatic heterocycles. The van der Waals surface area contributed by atoms with Gasteiger partial charge >= 0.3 is 12.4 Å². The Morgan fingerprint density at radius 1 is 0.975 bits per heavy atom. The van der Waals surface area contributed by atoms with Crippen molar-refractivity contribution >= 4 is 24.2 Å². The van der Waals surface area contributed by atoms with Crippen molar-refractivity contribution in [3.05, 3.63) is 70.0 Å². The third-order valence-corrected chi connectivity index (χ3v) is 7.30. The first-order valence-corrected chi connectivity index (χ1v) is 12.5. The van der Waals surface area contributed by atoms with Crippen LogP contribution in [0.25, 0.3) is 0 Å². The van der Waals surface area contributed by atoms with Crippen molar-refractivity contribution in [2.75, 3.05) is 19.6 Å². The summed E-state index contributed by atoms with van der Waals surface area (Å²) >= 11 is 0. The Morgan fingerprint density at radius 3 is 2.08 bits per heavy atom. The lowest BCUT2D eigenvalue weighted by Gasteiger charge is -2.40. The largest absolute Gasteiger partial charge is 0.416 e. The maximum absolute atomic E-state index is 13.9. The van der Waals surface area contributed by atoms with Crippen molar-refractivity contribution in [1.29, 1.82) is 0 Å². The third kappa shape index (κ3) is 7.45. The summed E-state index contributed by atoms with van der Waals surface area (Å²) in [6, 6.07) is 5.20. The number of alkyl halides is 6. The minimum absolute atomic E-state index is 0. The molecule has 1 saturated carbocycles. The monoisotopic (exact) mass is 595 g/mol. The van der Waals surface area contributed by atoms with Crippen LogP contribution in [-0.2, 0) is 28.5 Å². The number of carbonyl (C=O) groups excluding carboxylic acids is 2. The molecule has 1 saturated heterocycles. The van der Waals surface area contributed by atoms with Gasteiger partial charge in [0.15, 0.2) is 0 Å². The summed E-state index contributed by atoms with van der Waals surface area (Å²) in [5.41, 5.74) is 3.48. The van der Waals surface area contributed by atoms with E-state index in [4.69, 9.17) is 5.73 Å². The van der Waals surface area contributed by atoms with Crippen LogP contribution < -0.4 is 5.73 Å². The maximum atomic E-state index is 13.9. The number of nitrogens with two attached hydrogens (primary N) is 1. The fourth-order valence-electron chi connectivity index (χ4n) is 5.34. The SMILES string of the molecule is Cc1cc(F)ccc1C1CN(CC(N)=O)CCC1C(=O)N(Cc1cc(C(F)(F)F)cc(C(F)(F)F)c1)C1CC1.Cl. The van der Waals surface area contributed by atoms with Gasteiger partial charge in [-0.05, 0) is 79.8 Å². The number of rotatable bonds is 7. The van der Waals surface area contributed by atoms with Gasteiger partial charge in [0.05, 0.1) is 17.7 Å². The van der Waals surface area contributed by atoms with E-state index in [2.05, 4.69) is 0 Å². The number of carbonyl (C=O) groups is 2. The van der Waals surface area contributed by atoms with Crippen molar-refractivity contribution in [2.45, 2.75) is 57.0 Å². The van der Waals surface area contributed by atoms with Crippen molar-refractivity contribution < 1.29 is 40.3 Å². The summed E-state index contributed by atoms with van der Waals surface area (Å²) in [5, 5.41) is 0. The summed E-state index contributed by atoms with van der Waals surface area (Å²) in [7, 11) is 0. The molecule has 220 valence electrons. The quantitative estimate of drug-likeness (QED) is 0.419. The van der Waals surface area contributed by atoms with Gasteiger partial charge in [0.1, 0.15) is 5.82 Å². The highest BCUT2D eigenvalue weighted by molar-refractivity contribution is 5.85. The number of aryl methyl sites for hydroxylation is 1. The summed E-state index contributed by atoms with van der Waals surface area (Å²) in [4.78, 5) is 28.6. The average molecular weight is 596 g/mol. The Labute approximate surface area is 232 Å². The molecule has 2 fully saturated rings. The smallest absolute Gasteiger partial charge is 0.369 e. The van der Waals surface area contributed by atoms with Gasteiger partial charge in [-0.2, -0.15) is 26.3 Å². The average Bonchev–Trinajstić information content (AvgIpc) is 3.66. The zero-order valence-electron chi connectivity index (χ0n) is 21.5. The van der Waals surface area contributed by atoms with Crippen LogP contribution in [0.2, 0.25) is 0 Å². The molecule has 1 heterocycles. The van der Waals surface area contributed by atoms with E-state index in [-0.39, 0.29) is 49.6 Å². The molecule has 2 aromatic rings. The number of amides is 2. The Kier molecular flexibility index (Phi) is 9.45. The van der Waals surface area contributed by atoms with Gasteiger partial charge in [0.2, 0.25) is 11.8 Å². The van der Waals surface area contributed by atoms with Crippen molar-refractivity contribution in [3.63, 3.8) is 0 Å². The zero-order valence-corrected chi connectivity index (χ0v) is 22.3. The predicted octanol–water partition coefficient (Wildman–Crippen LogP) is 5.68. The fraction of sp³-hybridized carbons (Fsp3) is 0.481. The third-order valence-electron chi connectivity index (χ3n) is 7.30. The minimum Gasteiger partial charge on any atom is -0.369 e. The molecule has 0 spiro atoms. The second-order valence-corrected chi connectivity index (χ2v) is 10.3. The summed E-state index contributed by atoms with van der Waals surface area (Å²) in [6.45, 7) is 1.83. The van der Waals surface area contributed by atoms with Gasteiger partial charge in [0, 0.05) is 31.0 Å². The van der Waals surface area contributed by atoms with Crippen LogP contribution in [0, 0.1) is 18.7 Å². The Morgan fingerprint density at radius 2 is 1.57 bits per heavy atom. The molecule has 13 heteroatoms. The second kappa shape index (κ2) is 11.9. The van der Waals surface area contributed by atoms with E-state index in [1.165, 1.54) is 17.0 Å². The molecule has 0 radical (unpaired) electrons. The van der Waals surface area contributed by atoms with Crippen molar-refractivity contribution in [2.24, 2.45) is 11.7 Å². The normalized spacial score (nSPS) is 20.1. The molecule has 2 atom stereocenters. The maximum Gasteiger partial charge on any atom is 0.416 e. The van der Waals surface area contributed by atoms with E-state index in [0.717, 1.165) is 0 Å². The summed E-state index contributed by atoms with van der Waals surface area (Å²) in [6.07, 6.45) is -8.55. The Balaban J connectivity index is 0.00000441. The highest BCUT2D eigenvalue weighted by Gasteiger charge is 2.43. The van der Waals surface area contributed by atoms with Crippen molar-refractivity contribution in [1.82, 2.24) is 9.80 Å². The van der Waals surface area contributed by atoms with E-state index < -0.39 is 59.5 Å². The Hall–Kier alpha value is -2.86. The molecule has 0 bridgehead atoms. The first-order valence-electron chi connectivity index (χ1n) is 12.5. The number of nitrogens with zero attached hydrogens (tertiary/aromatic N) is 2. The van der Waals surface area contributed by atoms with Crippen LogP contribution in [0.3, 0.4) is 0 Å². The second-order valence-electron chi connectivity index (χ2n) is 10.3. The van der Waals surface area contributed by atoms with E-state index in [9.17, 15) is 40.3 Å². The molecule has 2 amide bonds. The molecule has 2 aromatic carbocycles. The molecule has 5 nitrogen and oxygen atoms in total. The first kappa shape index (κ1) is 31.7. The van der Waals surface area contributed by atoms with Crippen LogP contribution in [0.4, 0.5) is 30.7 Å². The molecule has 2 N–H and O–H groups in total. The highest BCUT2D eigenvalue weighted by Crippen LogP contribution is 2.40. The van der Waals surface area contributed by atoms with E-state index in [1.807, 2.05) is 0 Å². The lowest BCUT2D eigenvalue weighted by atomic mass is 9.78. The Bertz CT molecular complexity index is 1220. The molecule has 4 rings (SSSR count). The van der Waals surface area contributed by atoms with Crippen LogP contribution in [0.5, 0.6) is 0 Å². The molecular weight excluding hydrogens is 567 g/mol. The number of hydrogen-bond acceptors (Lipinski definition) is 3. The summed E-state index contributed by atoms with van der Waals surface area (Å²) in [5.74, 6) is -2.57. The van der Waals surface area contributed by atoms with Gasteiger partial charge in [-0.25, -0.2) is 4.39 Å². The van der Waals surface area contributed by atoms with Crippen LogP contribution >= 0.6 is 12.4 Å². The van der Waals surface area contributed by atoms with Crippen LogP contribution in [-0.4, -0.2) is 47.3 Å². The van der Waals surface area contributed by atoms with Gasteiger partial charge < -0.3 is 10.6 Å². The number of hydrogen-bond donors (Lipinski definition) is 1. The van der Waals surface area contributed by atoms with Crippen molar-refractivity contribution in [3.8, 4) is 0 Å². The van der Waals surface area contributed by atoms with Gasteiger partial charge in [-0.1, -0.05) is 6.07 Å². The van der Waals surface area contributed by atoms with E-state index in [1.54, 1.807) is 17.9 Å². The molecule has 40 heavy (non-hydrogen) atoms. The zero-order chi connectivity index (χ0) is 28.7. The lowest BCUT2D eigenvalue weighted by molar-refractivity contribution is -0.143. The van der Waals surface area contributed by atoms with Gasteiger partial charge in [-0.15, -0.1) is 12.4 Å². The van der Waals surface area contributed by atoms with Gasteiger partial charge in [-0.3, -0.25) is 14.5 Å². The minimum atomic E-state index is -5.00. The number of piperidine rings is 1.